The average Bonchev–Trinajstić information content (AvgIpc) is 3.06. The van der Waals surface area contributed by atoms with Crippen LogP contribution in [-0.4, -0.2) is 31.4 Å². The number of hydrogen-bond donors (Lipinski definition) is 0. The molecule has 27 heavy (non-hydrogen) atoms. The Morgan fingerprint density at radius 1 is 1.26 bits per heavy atom. The molecular formula is C21H23FN4O. The average molecular weight is 366 g/mol. The van der Waals surface area contributed by atoms with Crippen molar-refractivity contribution in [2.24, 2.45) is 7.05 Å². The fourth-order valence-corrected chi connectivity index (χ4v) is 2.95. The Labute approximate surface area is 158 Å². The molecule has 0 N–H and O–H groups in total. The van der Waals surface area contributed by atoms with E-state index in [0.29, 0.717) is 17.8 Å². The Hall–Kier alpha value is -3.02. The minimum absolute atomic E-state index is 0.0198. The van der Waals surface area contributed by atoms with E-state index in [4.69, 9.17) is 0 Å². The van der Waals surface area contributed by atoms with Crippen LogP contribution in [0.15, 0.2) is 49.2 Å². The zero-order chi connectivity index (χ0) is 19.6. The number of amides is 1. The van der Waals surface area contributed by atoms with Crippen molar-refractivity contribution >= 4 is 5.91 Å². The van der Waals surface area contributed by atoms with Crippen LogP contribution in [0.4, 0.5) is 4.39 Å². The van der Waals surface area contributed by atoms with Crippen LogP contribution in [0.5, 0.6) is 0 Å². The van der Waals surface area contributed by atoms with Crippen LogP contribution in [0.25, 0.3) is 11.1 Å². The Morgan fingerprint density at radius 3 is 2.67 bits per heavy atom. The molecule has 5 nitrogen and oxygen atoms in total. The monoisotopic (exact) mass is 366 g/mol. The molecule has 0 unspecified atom stereocenters. The SMILES string of the molecule is Cc1cncc(-c2cc(CN(C(=O)c3cn(C)cn3)C(C)C)ccc2F)c1. The first-order valence-corrected chi connectivity index (χ1v) is 8.84. The second-order valence-electron chi connectivity index (χ2n) is 7.02. The van der Waals surface area contributed by atoms with Gasteiger partial charge in [0.05, 0.1) is 6.33 Å². The second-order valence-corrected chi connectivity index (χ2v) is 7.02. The van der Waals surface area contributed by atoms with Gasteiger partial charge in [0, 0.05) is 49.4 Å². The van der Waals surface area contributed by atoms with Crippen LogP contribution >= 0.6 is 0 Å². The molecule has 1 amide bonds. The molecule has 0 radical (unpaired) electrons. The van der Waals surface area contributed by atoms with E-state index in [9.17, 15) is 9.18 Å². The maximum absolute atomic E-state index is 14.4. The number of halogens is 1. The zero-order valence-electron chi connectivity index (χ0n) is 16.0. The Morgan fingerprint density at radius 2 is 2.04 bits per heavy atom. The van der Waals surface area contributed by atoms with Gasteiger partial charge < -0.3 is 9.47 Å². The van der Waals surface area contributed by atoms with Crippen molar-refractivity contribution in [1.82, 2.24) is 19.4 Å². The molecule has 2 aromatic heterocycles. The molecule has 0 spiro atoms. The first kappa shape index (κ1) is 18.8. The van der Waals surface area contributed by atoms with Gasteiger partial charge >= 0.3 is 0 Å². The summed E-state index contributed by atoms with van der Waals surface area (Å²) in [5, 5.41) is 0. The summed E-state index contributed by atoms with van der Waals surface area (Å²) in [6, 6.07) is 6.81. The van der Waals surface area contributed by atoms with E-state index in [1.165, 1.54) is 6.07 Å². The van der Waals surface area contributed by atoms with E-state index in [0.717, 1.165) is 16.7 Å². The highest BCUT2D eigenvalue weighted by Crippen LogP contribution is 2.25. The molecule has 0 fully saturated rings. The first-order valence-electron chi connectivity index (χ1n) is 8.84. The predicted octanol–water partition coefficient (Wildman–Crippen LogP) is 3.98. The van der Waals surface area contributed by atoms with Crippen molar-refractivity contribution in [1.29, 1.82) is 0 Å². The molecule has 0 atom stereocenters. The van der Waals surface area contributed by atoms with Gasteiger partial charge in [-0.25, -0.2) is 9.37 Å². The molecular weight excluding hydrogens is 343 g/mol. The normalized spacial score (nSPS) is 11.0. The van der Waals surface area contributed by atoms with E-state index < -0.39 is 0 Å². The van der Waals surface area contributed by atoms with Gasteiger partial charge in [0.25, 0.3) is 5.91 Å². The summed E-state index contributed by atoms with van der Waals surface area (Å²) in [5.74, 6) is -0.452. The van der Waals surface area contributed by atoms with Gasteiger partial charge in [0.15, 0.2) is 0 Å². The molecule has 140 valence electrons. The number of benzene rings is 1. The van der Waals surface area contributed by atoms with Gasteiger partial charge in [-0.2, -0.15) is 0 Å². The number of hydrogen-bond acceptors (Lipinski definition) is 3. The van der Waals surface area contributed by atoms with Crippen molar-refractivity contribution in [2.75, 3.05) is 0 Å². The van der Waals surface area contributed by atoms with Gasteiger partial charge in [0.1, 0.15) is 11.5 Å². The minimum Gasteiger partial charge on any atom is -0.340 e. The number of carbonyl (C=O) groups is 1. The van der Waals surface area contributed by atoms with Crippen LogP contribution in [-0.2, 0) is 13.6 Å². The highest BCUT2D eigenvalue weighted by Gasteiger charge is 2.21. The van der Waals surface area contributed by atoms with Gasteiger partial charge in [-0.1, -0.05) is 6.07 Å². The van der Waals surface area contributed by atoms with E-state index >= 15 is 0 Å². The van der Waals surface area contributed by atoms with Crippen molar-refractivity contribution < 1.29 is 9.18 Å². The summed E-state index contributed by atoms with van der Waals surface area (Å²) in [6.45, 7) is 6.20. The van der Waals surface area contributed by atoms with E-state index in [1.54, 1.807) is 46.5 Å². The number of aromatic nitrogens is 3. The van der Waals surface area contributed by atoms with Crippen LogP contribution in [0, 0.1) is 12.7 Å². The molecule has 0 saturated carbocycles. The third-order valence-corrected chi connectivity index (χ3v) is 4.38. The van der Waals surface area contributed by atoms with Gasteiger partial charge in [-0.05, 0) is 50.1 Å². The summed E-state index contributed by atoms with van der Waals surface area (Å²) in [4.78, 5) is 22.9. The van der Waals surface area contributed by atoms with Gasteiger partial charge in [0.2, 0.25) is 0 Å². The number of imidazole rings is 1. The molecule has 0 aliphatic carbocycles. The van der Waals surface area contributed by atoms with Crippen LogP contribution in [0.1, 0.15) is 35.5 Å². The molecule has 3 rings (SSSR count). The standard InChI is InChI=1S/C21H23FN4O/c1-14(2)26(21(27)20-12-25(4)13-24-20)11-16-5-6-19(22)18(8-16)17-7-15(3)9-23-10-17/h5-10,12-14H,11H2,1-4H3. The van der Waals surface area contributed by atoms with Crippen molar-refractivity contribution in [2.45, 2.75) is 33.4 Å². The third kappa shape index (κ3) is 4.22. The maximum Gasteiger partial charge on any atom is 0.274 e. The fraction of sp³-hybridized carbons (Fsp3) is 0.286. The predicted molar refractivity (Wildman–Crippen MR) is 103 cm³/mol. The highest BCUT2D eigenvalue weighted by molar-refractivity contribution is 5.92. The Bertz CT molecular complexity index is 964. The lowest BCUT2D eigenvalue weighted by molar-refractivity contribution is 0.0684. The van der Waals surface area contributed by atoms with Crippen molar-refractivity contribution in [3.8, 4) is 11.1 Å². The van der Waals surface area contributed by atoms with Crippen molar-refractivity contribution in [3.63, 3.8) is 0 Å². The number of aryl methyl sites for hydroxylation is 2. The number of nitrogens with zero attached hydrogens (tertiary/aromatic N) is 4. The lowest BCUT2D eigenvalue weighted by Gasteiger charge is -2.26. The Kier molecular flexibility index (Phi) is 5.35. The smallest absolute Gasteiger partial charge is 0.274 e. The lowest BCUT2D eigenvalue weighted by Crippen LogP contribution is -2.36. The summed E-state index contributed by atoms with van der Waals surface area (Å²) >= 11 is 0. The second kappa shape index (κ2) is 7.70. The van der Waals surface area contributed by atoms with Gasteiger partial charge in [-0.15, -0.1) is 0 Å². The summed E-state index contributed by atoms with van der Waals surface area (Å²) in [5.41, 5.74) is 3.42. The quantitative estimate of drug-likeness (QED) is 0.686. The van der Waals surface area contributed by atoms with E-state index in [2.05, 4.69) is 9.97 Å². The largest absolute Gasteiger partial charge is 0.340 e. The van der Waals surface area contributed by atoms with E-state index in [-0.39, 0.29) is 17.8 Å². The number of rotatable bonds is 5. The molecule has 1 aromatic carbocycles. The summed E-state index contributed by atoms with van der Waals surface area (Å²) in [7, 11) is 1.83. The maximum atomic E-state index is 14.4. The highest BCUT2D eigenvalue weighted by atomic mass is 19.1. The molecule has 6 heteroatoms. The van der Waals surface area contributed by atoms with Crippen LogP contribution in [0.2, 0.25) is 0 Å². The molecule has 0 saturated heterocycles. The fourth-order valence-electron chi connectivity index (χ4n) is 2.95. The molecule has 2 heterocycles. The van der Waals surface area contributed by atoms with Crippen LogP contribution < -0.4 is 0 Å². The van der Waals surface area contributed by atoms with E-state index in [1.807, 2.05) is 33.9 Å². The summed E-state index contributed by atoms with van der Waals surface area (Å²) in [6.07, 6.45) is 6.68. The molecule has 0 bridgehead atoms. The molecule has 0 aliphatic rings. The lowest BCUT2D eigenvalue weighted by atomic mass is 10.0. The first-order chi connectivity index (χ1) is 12.8. The summed E-state index contributed by atoms with van der Waals surface area (Å²) < 4.78 is 16.1. The molecule has 0 aliphatic heterocycles. The third-order valence-electron chi connectivity index (χ3n) is 4.38. The van der Waals surface area contributed by atoms with Gasteiger partial charge in [-0.3, -0.25) is 9.78 Å². The topological polar surface area (TPSA) is 51.0 Å². The van der Waals surface area contributed by atoms with Crippen molar-refractivity contribution in [3.05, 3.63) is 71.8 Å². The Balaban J connectivity index is 1.91. The number of carbonyl (C=O) groups excluding carboxylic acids is 1. The zero-order valence-corrected chi connectivity index (χ0v) is 16.0. The minimum atomic E-state index is -0.307. The molecule has 3 aromatic rings. The van der Waals surface area contributed by atoms with Crippen LogP contribution in [0.3, 0.4) is 0 Å². The number of pyridine rings is 1.